The Hall–Kier alpha value is -0.650. The fourth-order valence-electron chi connectivity index (χ4n) is 0.942. The van der Waals surface area contributed by atoms with Crippen molar-refractivity contribution in [3.63, 3.8) is 0 Å². The van der Waals surface area contributed by atoms with Gasteiger partial charge in [0.15, 0.2) is 6.79 Å². The average molecular weight is 276 g/mol. The number of ether oxygens (including phenoxy) is 2. The van der Waals surface area contributed by atoms with Crippen LogP contribution in [0.4, 0.5) is 0 Å². The Bertz CT molecular complexity index is 344. The van der Waals surface area contributed by atoms with E-state index in [1.54, 1.807) is 19.2 Å². The highest BCUT2D eigenvalue weighted by Gasteiger charge is 2.06. The van der Waals surface area contributed by atoms with Crippen LogP contribution in [-0.2, 0) is 4.74 Å². The zero-order valence-corrected chi connectivity index (χ0v) is 10.0. The van der Waals surface area contributed by atoms with Gasteiger partial charge < -0.3 is 15.2 Å². The molecule has 2 N–H and O–H groups in total. The zero-order valence-electron chi connectivity index (χ0n) is 7.62. The van der Waals surface area contributed by atoms with E-state index in [2.05, 4.69) is 15.9 Å². The molecule has 0 amide bonds. The molecule has 0 fully saturated rings. The molecule has 0 atom stereocenters. The van der Waals surface area contributed by atoms with Crippen molar-refractivity contribution in [3.8, 4) is 5.75 Å². The highest BCUT2D eigenvalue weighted by atomic mass is 79.9. The summed E-state index contributed by atoms with van der Waals surface area (Å²) in [6.07, 6.45) is 0. The monoisotopic (exact) mass is 275 g/mol. The quantitative estimate of drug-likeness (QED) is 0.675. The van der Waals surface area contributed by atoms with Gasteiger partial charge in [-0.1, -0.05) is 28.1 Å². The Balaban J connectivity index is 2.97. The third kappa shape index (κ3) is 2.94. The van der Waals surface area contributed by atoms with Crippen LogP contribution in [0.2, 0.25) is 0 Å². The SMILES string of the molecule is COCOc1cc(Br)ccc1C(N)=S. The molecule has 3 nitrogen and oxygen atoms in total. The van der Waals surface area contributed by atoms with Gasteiger partial charge in [0, 0.05) is 11.6 Å². The third-order valence-electron chi connectivity index (χ3n) is 1.54. The van der Waals surface area contributed by atoms with Gasteiger partial charge in [0.25, 0.3) is 0 Å². The number of hydrogen-bond donors (Lipinski definition) is 1. The Labute approximate surface area is 96.3 Å². The number of halogens is 1. The maximum absolute atomic E-state index is 5.53. The van der Waals surface area contributed by atoms with E-state index in [0.717, 1.165) is 4.47 Å². The minimum atomic E-state index is 0.173. The Morgan fingerprint density at radius 2 is 2.29 bits per heavy atom. The fourth-order valence-corrected chi connectivity index (χ4v) is 1.45. The van der Waals surface area contributed by atoms with Crippen LogP contribution in [0, 0.1) is 0 Å². The van der Waals surface area contributed by atoms with Crippen LogP contribution in [0.5, 0.6) is 5.75 Å². The summed E-state index contributed by atoms with van der Waals surface area (Å²) in [5.74, 6) is 0.619. The second kappa shape index (κ2) is 5.29. The Kier molecular flexibility index (Phi) is 4.31. The van der Waals surface area contributed by atoms with E-state index in [0.29, 0.717) is 16.3 Å². The molecule has 0 aliphatic rings. The maximum atomic E-state index is 5.53. The second-order valence-electron chi connectivity index (χ2n) is 2.56. The van der Waals surface area contributed by atoms with Crippen LogP contribution in [0.3, 0.4) is 0 Å². The molecular weight excluding hydrogens is 266 g/mol. The molecule has 0 aromatic heterocycles. The fraction of sp³-hybridized carbons (Fsp3) is 0.222. The highest BCUT2D eigenvalue weighted by Crippen LogP contribution is 2.23. The van der Waals surface area contributed by atoms with Crippen molar-refractivity contribution in [3.05, 3.63) is 28.2 Å². The minimum absolute atomic E-state index is 0.173. The van der Waals surface area contributed by atoms with Crippen LogP contribution in [0.1, 0.15) is 5.56 Å². The van der Waals surface area contributed by atoms with Crippen molar-refractivity contribution in [1.29, 1.82) is 0 Å². The van der Waals surface area contributed by atoms with Gasteiger partial charge in [0.1, 0.15) is 10.7 Å². The largest absolute Gasteiger partial charge is 0.467 e. The predicted molar refractivity (Wildman–Crippen MR) is 62.5 cm³/mol. The first-order valence-corrected chi connectivity index (χ1v) is 5.06. The van der Waals surface area contributed by atoms with Crippen molar-refractivity contribution in [1.82, 2.24) is 0 Å². The lowest BCUT2D eigenvalue weighted by molar-refractivity contribution is 0.0510. The van der Waals surface area contributed by atoms with Crippen molar-refractivity contribution >= 4 is 33.1 Å². The standard InChI is InChI=1S/C9H10BrNO2S/c1-12-5-13-8-4-6(10)2-3-7(8)9(11)14/h2-4H,5H2,1H3,(H2,11,14). The van der Waals surface area contributed by atoms with Gasteiger partial charge in [-0.25, -0.2) is 0 Å². The molecule has 0 heterocycles. The van der Waals surface area contributed by atoms with Gasteiger partial charge in [0.2, 0.25) is 0 Å². The predicted octanol–water partition coefficient (Wildman–Crippen LogP) is 2.07. The first-order valence-electron chi connectivity index (χ1n) is 3.86. The number of benzene rings is 1. The maximum Gasteiger partial charge on any atom is 0.188 e. The lowest BCUT2D eigenvalue weighted by atomic mass is 10.2. The number of nitrogens with two attached hydrogens (primary N) is 1. The Morgan fingerprint density at radius 3 is 2.86 bits per heavy atom. The first-order chi connectivity index (χ1) is 6.65. The molecular formula is C9H10BrNO2S. The zero-order chi connectivity index (χ0) is 10.6. The van der Waals surface area contributed by atoms with Crippen LogP contribution < -0.4 is 10.5 Å². The summed E-state index contributed by atoms with van der Waals surface area (Å²) in [6, 6.07) is 5.46. The van der Waals surface area contributed by atoms with Crippen molar-refractivity contribution in [2.45, 2.75) is 0 Å². The topological polar surface area (TPSA) is 44.5 Å². The summed E-state index contributed by atoms with van der Waals surface area (Å²) in [5.41, 5.74) is 6.24. The molecule has 1 aromatic rings. The van der Waals surface area contributed by atoms with Gasteiger partial charge in [0.05, 0.1) is 5.56 Å². The van der Waals surface area contributed by atoms with E-state index < -0.39 is 0 Å². The molecule has 1 aromatic carbocycles. The van der Waals surface area contributed by atoms with E-state index in [9.17, 15) is 0 Å². The molecule has 76 valence electrons. The molecule has 0 bridgehead atoms. The molecule has 0 aliphatic carbocycles. The van der Waals surface area contributed by atoms with Crippen LogP contribution in [0.15, 0.2) is 22.7 Å². The van der Waals surface area contributed by atoms with Gasteiger partial charge in [-0.3, -0.25) is 0 Å². The Morgan fingerprint density at radius 1 is 1.57 bits per heavy atom. The summed E-state index contributed by atoms with van der Waals surface area (Å²) in [6.45, 7) is 0.173. The highest BCUT2D eigenvalue weighted by molar-refractivity contribution is 9.10. The van der Waals surface area contributed by atoms with E-state index in [4.69, 9.17) is 27.4 Å². The number of methoxy groups -OCH3 is 1. The molecule has 0 spiro atoms. The lowest BCUT2D eigenvalue weighted by Gasteiger charge is -2.09. The molecule has 0 saturated carbocycles. The summed E-state index contributed by atoms with van der Waals surface area (Å²) in [5, 5.41) is 0. The van der Waals surface area contributed by atoms with E-state index in [1.165, 1.54) is 0 Å². The number of rotatable bonds is 4. The van der Waals surface area contributed by atoms with E-state index in [1.807, 2.05) is 6.07 Å². The molecule has 0 aliphatic heterocycles. The average Bonchev–Trinajstić information content (AvgIpc) is 2.14. The third-order valence-corrected chi connectivity index (χ3v) is 2.25. The molecule has 0 radical (unpaired) electrons. The second-order valence-corrected chi connectivity index (χ2v) is 3.91. The minimum Gasteiger partial charge on any atom is -0.467 e. The molecule has 14 heavy (non-hydrogen) atoms. The van der Waals surface area contributed by atoms with Crippen LogP contribution >= 0.6 is 28.1 Å². The van der Waals surface area contributed by atoms with Gasteiger partial charge in [-0.15, -0.1) is 0 Å². The number of hydrogen-bond acceptors (Lipinski definition) is 3. The van der Waals surface area contributed by atoms with Gasteiger partial charge in [-0.2, -0.15) is 0 Å². The molecule has 0 unspecified atom stereocenters. The summed E-state index contributed by atoms with van der Waals surface area (Å²) in [7, 11) is 1.55. The van der Waals surface area contributed by atoms with E-state index in [-0.39, 0.29) is 6.79 Å². The first kappa shape index (κ1) is 11.4. The van der Waals surface area contributed by atoms with Crippen molar-refractivity contribution in [2.75, 3.05) is 13.9 Å². The summed E-state index contributed by atoms with van der Waals surface area (Å²) < 4.78 is 11.0. The van der Waals surface area contributed by atoms with E-state index >= 15 is 0 Å². The van der Waals surface area contributed by atoms with Gasteiger partial charge >= 0.3 is 0 Å². The lowest BCUT2D eigenvalue weighted by Crippen LogP contribution is -2.12. The molecule has 1 rings (SSSR count). The normalized spacial score (nSPS) is 9.86. The summed E-state index contributed by atoms with van der Waals surface area (Å²) in [4.78, 5) is 0.309. The molecule has 5 heteroatoms. The van der Waals surface area contributed by atoms with Crippen LogP contribution in [0.25, 0.3) is 0 Å². The smallest absolute Gasteiger partial charge is 0.188 e. The van der Waals surface area contributed by atoms with Crippen molar-refractivity contribution in [2.24, 2.45) is 5.73 Å². The summed E-state index contributed by atoms with van der Waals surface area (Å²) >= 11 is 8.22. The molecule has 0 saturated heterocycles. The van der Waals surface area contributed by atoms with Gasteiger partial charge in [-0.05, 0) is 18.2 Å². The number of thiocarbonyl (C=S) groups is 1. The van der Waals surface area contributed by atoms with Crippen LogP contribution in [-0.4, -0.2) is 18.9 Å². The van der Waals surface area contributed by atoms with Crippen molar-refractivity contribution < 1.29 is 9.47 Å².